The third-order valence-corrected chi connectivity index (χ3v) is 4.83. The second-order valence-corrected chi connectivity index (χ2v) is 8.02. The van der Waals surface area contributed by atoms with E-state index in [-0.39, 0.29) is 17.0 Å². The zero-order valence-electron chi connectivity index (χ0n) is 15.3. The molecule has 0 bridgehead atoms. The Hall–Kier alpha value is -3.20. The first-order chi connectivity index (χ1) is 13.2. The van der Waals surface area contributed by atoms with Gasteiger partial charge < -0.3 is 10.1 Å². The van der Waals surface area contributed by atoms with Gasteiger partial charge in [-0.05, 0) is 36.8 Å². The first-order valence-corrected chi connectivity index (χ1v) is 10.2. The fraction of sp³-hybridized carbons (Fsp3) is 0.211. The minimum atomic E-state index is -3.38. The highest BCUT2D eigenvalue weighted by Gasteiger charge is 2.21. The van der Waals surface area contributed by atoms with Crippen LogP contribution in [0.3, 0.4) is 0 Å². The van der Waals surface area contributed by atoms with E-state index < -0.39 is 33.8 Å². The van der Waals surface area contributed by atoms with E-state index in [1.807, 2.05) is 30.3 Å². The van der Waals surface area contributed by atoms with E-state index in [4.69, 9.17) is 4.74 Å². The molecular formula is C19H20N2O6S. The maximum Gasteiger partial charge on any atom is 0.338 e. The molecule has 0 saturated carbocycles. The Bertz CT molecular complexity index is 956. The van der Waals surface area contributed by atoms with E-state index in [1.54, 1.807) is 0 Å². The molecule has 0 fully saturated rings. The van der Waals surface area contributed by atoms with Gasteiger partial charge in [-0.15, -0.1) is 0 Å². The Morgan fingerprint density at radius 2 is 1.61 bits per heavy atom. The molecule has 148 valence electrons. The van der Waals surface area contributed by atoms with E-state index in [9.17, 15) is 22.8 Å². The van der Waals surface area contributed by atoms with E-state index in [0.29, 0.717) is 0 Å². The summed E-state index contributed by atoms with van der Waals surface area (Å²) in [5.74, 6) is -1.60. The Morgan fingerprint density at radius 1 is 1.00 bits per heavy atom. The Labute approximate surface area is 162 Å². The molecule has 9 heteroatoms. The van der Waals surface area contributed by atoms with Crippen molar-refractivity contribution in [3.05, 3.63) is 65.7 Å². The van der Waals surface area contributed by atoms with Crippen LogP contribution in [0.1, 0.15) is 22.8 Å². The van der Waals surface area contributed by atoms with Crippen LogP contribution in [0, 0.1) is 0 Å². The molecule has 0 aromatic heterocycles. The molecule has 0 aliphatic heterocycles. The van der Waals surface area contributed by atoms with Gasteiger partial charge in [0.15, 0.2) is 15.9 Å². The molecule has 0 heterocycles. The van der Waals surface area contributed by atoms with Gasteiger partial charge in [-0.1, -0.05) is 30.3 Å². The zero-order chi connectivity index (χ0) is 20.7. The Kier molecular flexibility index (Phi) is 6.89. The molecule has 0 radical (unpaired) electrons. The number of benzene rings is 2. The minimum Gasteiger partial charge on any atom is -0.449 e. The topological polar surface area (TPSA) is 119 Å². The number of ether oxygens (including phenoxy) is 1. The van der Waals surface area contributed by atoms with Crippen molar-refractivity contribution in [3.63, 3.8) is 0 Å². The monoisotopic (exact) mass is 404 g/mol. The van der Waals surface area contributed by atoms with Crippen molar-refractivity contribution in [2.45, 2.75) is 24.5 Å². The van der Waals surface area contributed by atoms with Gasteiger partial charge in [-0.25, -0.2) is 18.0 Å². The molecule has 28 heavy (non-hydrogen) atoms. The fourth-order valence-electron chi connectivity index (χ4n) is 2.16. The second-order valence-electron chi connectivity index (χ2n) is 6.00. The van der Waals surface area contributed by atoms with E-state index >= 15 is 0 Å². The van der Waals surface area contributed by atoms with E-state index in [1.165, 1.54) is 31.2 Å². The number of sulfone groups is 1. The van der Waals surface area contributed by atoms with Crippen LogP contribution in [0.4, 0.5) is 4.79 Å². The Balaban J connectivity index is 1.85. The average molecular weight is 404 g/mol. The average Bonchev–Trinajstić information content (AvgIpc) is 2.66. The molecule has 0 aliphatic carbocycles. The molecule has 2 aromatic rings. The van der Waals surface area contributed by atoms with Crippen LogP contribution in [0.15, 0.2) is 59.5 Å². The van der Waals surface area contributed by atoms with Crippen LogP contribution in [0.2, 0.25) is 0 Å². The summed E-state index contributed by atoms with van der Waals surface area (Å²) in [6.45, 7) is 1.56. The number of amides is 3. The molecule has 1 unspecified atom stereocenters. The lowest BCUT2D eigenvalue weighted by Gasteiger charge is -2.13. The number of urea groups is 1. The summed E-state index contributed by atoms with van der Waals surface area (Å²) in [5, 5.41) is 4.61. The van der Waals surface area contributed by atoms with Crippen LogP contribution in [-0.2, 0) is 25.9 Å². The molecule has 2 aromatic carbocycles. The van der Waals surface area contributed by atoms with Crippen molar-refractivity contribution in [2.24, 2.45) is 0 Å². The summed E-state index contributed by atoms with van der Waals surface area (Å²) in [6.07, 6.45) is -0.167. The van der Waals surface area contributed by atoms with Crippen LogP contribution in [0.5, 0.6) is 0 Å². The molecule has 1 atom stereocenters. The lowest BCUT2D eigenvalue weighted by atomic mass is 10.2. The minimum absolute atomic E-state index is 0.0601. The molecule has 8 nitrogen and oxygen atoms in total. The highest BCUT2D eigenvalue weighted by Crippen LogP contribution is 2.12. The molecule has 2 rings (SSSR count). The predicted octanol–water partition coefficient (Wildman–Crippen LogP) is 1.66. The van der Waals surface area contributed by atoms with E-state index in [0.717, 1.165) is 11.8 Å². The summed E-state index contributed by atoms with van der Waals surface area (Å²) in [7, 11) is -3.38. The van der Waals surface area contributed by atoms with Crippen molar-refractivity contribution >= 4 is 27.7 Å². The number of rotatable bonds is 6. The molecule has 0 saturated heterocycles. The maximum atomic E-state index is 12.1. The normalized spacial score (nSPS) is 11.9. The zero-order valence-corrected chi connectivity index (χ0v) is 16.2. The van der Waals surface area contributed by atoms with Gasteiger partial charge >= 0.3 is 12.0 Å². The quantitative estimate of drug-likeness (QED) is 0.707. The predicted molar refractivity (Wildman–Crippen MR) is 101 cm³/mol. The van der Waals surface area contributed by atoms with Gasteiger partial charge in [0.2, 0.25) is 0 Å². The lowest BCUT2D eigenvalue weighted by Crippen LogP contribution is -2.44. The SMILES string of the molecule is CC(OC(=O)c1ccc(S(C)(=O)=O)cc1)C(=O)NC(=O)NCc1ccccc1. The van der Waals surface area contributed by atoms with Crippen molar-refractivity contribution in [1.29, 1.82) is 0 Å². The van der Waals surface area contributed by atoms with Gasteiger partial charge in [0, 0.05) is 12.8 Å². The van der Waals surface area contributed by atoms with Crippen LogP contribution in [-0.4, -0.2) is 38.7 Å². The number of hydrogen-bond acceptors (Lipinski definition) is 6. The highest BCUT2D eigenvalue weighted by molar-refractivity contribution is 7.90. The van der Waals surface area contributed by atoms with Crippen molar-refractivity contribution in [3.8, 4) is 0 Å². The van der Waals surface area contributed by atoms with Gasteiger partial charge in [0.05, 0.1) is 10.5 Å². The first kappa shape index (κ1) is 21.1. The molecular weight excluding hydrogens is 384 g/mol. The summed E-state index contributed by atoms with van der Waals surface area (Å²) in [5.41, 5.74) is 0.947. The number of carbonyl (C=O) groups is 3. The summed E-state index contributed by atoms with van der Waals surface area (Å²) in [4.78, 5) is 35.9. The van der Waals surface area contributed by atoms with Crippen LogP contribution in [0.25, 0.3) is 0 Å². The van der Waals surface area contributed by atoms with Gasteiger partial charge in [-0.2, -0.15) is 0 Å². The standard InChI is InChI=1S/C19H20N2O6S/c1-13(17(22)21-19(24)20-12-14-6-4-3-5-7-14)27-18(23)15-8-10-16(11-9-15)28(2,25)26/h3-11,13H,12H2,1-2H3,(H2,20,21,22,24). The molecule has 2 N–H and O–H groups in total. The van der Waals surface area contributed by atoms with Crippen LogP contribution < -0.4 is 10.6 Å². The second kappa shape index (κ2) is 9.14. The van der Waals surface area contributed by atoms with Crippen molar-refractivity contribution < 1.29 is 27.5 Å². The Morgan fingerprint density at radius 3 is 2.18 bits per heavy atom. The molecule has 0 spiro atoms. The number of imide groups is 1. The third kappa shape index (κ3) is 6.20. The molecule has 3 amide bonds. The number of nitrogens with one attached hydrogen (secondary N) is 2. The lowest BCUT2D eigenvalue weighted by molar-refractivity contribution is -0.127. The summed E-state index contributed by atoms with van der Waals surface area (Å²) < 4.78 is 27.8. The maximum absolute atomic E-state index is 12.1. The van der Waals surface area contributed by atoms with E-state index in [2.05, 4.69) is 10.6 Å². The van der Waals surface area contributed by atoms with Crippen LogP contribution >= 0.6 is 0 Å². The van der Waals surface area contributed by atoms with Crippen molar-refractivity contribution in [2.75, 3.05) is 6.26 Å². The first-order valence-electron chi connectivity index (χ1n) is 8.30. The van der Waals surface area contributed by atoms with Gasteiger partial charge in [-0.3, -0.25) is 10.1 Å². The third-order valence-electron chi connectivity index (χ3n) is 3.70. The highest BCUT2D eigenvalue weighted by atomic mass is 32.2. The summed E-state index contributed by atoms with van der Waals surface area (Å²) >= 11 is 0. The smallest absolute Gasteiger partial charge is 0.338 e. The molecule has 0 aliphatic rings. The number of esters is 1. The largest absolute Gasteiger partial charge is 0.449 e. The number of hydrogen-bond donors (Lipinski definition) is 2. The van der Waals surface area contributed by atoms with Crippen molar-refractivity contribution in [1.82, 2.24) is 10.6 Å². The fourth-order valence-corrected chi connectivity index (χ4v) is 2.79. The van der Waals surface area contributed by atoms with Gasteiger partial charge in [0.25, 0.3) is 5.91 Å². The van der Waals surface area contributed by atoms with Gasteiger partial charge in [0.1, 0.15) is 0 Å². The number of carbonyl (C=O) groups excluding carboxylic acids is 3. The summed E-state index contributed by atoms with van der Waals surface area (Å²) in [6, 6.07) is 13.5.